The predicted molar refractivity (Wildman–Crippen MR) is 135 cm³/mol. The van der Waals surface area contributed by atoms with E-state index in [1.54, 1.807) is 4.31 Å². The van der Waals surface area contributed by atoms with E-state index >= 15 is 0 Å². The molecular formula is C22H37IN4O2S. The van der Waals surface area contributed by atoms with Gasteiger partial charge in [0.05, 0.1) is 6.26 Å². The first-order chi connectivity index (χ1) is 13.9. The molecule has 2 aliphatic heterocycles. The summed E-state index contributed by atoms with van der Waals surface area (Å²) in [5, 5.41) is 3.47. The molecule has 2 unspecified atom stereocenters. The SMILES string of the molecule is CCNC(=NCC1CCN(S(C)(=O)=O)CC1)N1CCC(c2ccccc2)C(C)C1.I. The van der Waals surface area contributed by atoms with E-state index < -0.39 is 10.0 Å². The van der Waals surface area contributed by atoms with Gasteiger partial charge in [0.25, 0.3) is 0 Å². The van der Waals surface area contributed by atoms with Gasteiger partial charge in [0.2, 0.25) is 10.0 Å². The van der Waals surface area contributed by atoms with Crippen molar-refractivity contribution in [3.63, 3.8) is 0 Å². The van der Waals surface area contributed by atoms with Gasteiger partial charge >= 0.3 is 0 Å². The molecule has 2 atom stereocenters. The number of piperidine rings is 2. The van der Waals surface area contributed by atoms with Crippen LogP contribution in [0.3, 0.4) is 0 Å². The van der Waals surface area contributed by atoms with Gasteiger partial charge in [-0.3, -0.25) is 4.99 Å². The largest absolute Gasteiger partial charge is 0.357 e. The van der Waals surface area contributed by atoms with Gasteiger partial charge in [-0.15, -0.1) is 24.0 Å². The molecule has 2 aliphatic rings. The Kier molecular flexibility index (Phi) is 9.87. The van der Waals surface area contributed by atoms with E-state index in [0.717, 1.165) is 51.4 Å². The summed E-state index contributed by atoms with van der Waals surface area (Å²) < 4.78 is 25.0. The third-order valence-electron chi connectivity index (χ3n) is 6.31. The maximum atomic E-state index is 11.7. The second kappa shape index (κ2) is 11.7. The average Bonchev–Trinajstić information content (AvgIpc) is 2.71. The lowest BCUT2D eigenvalue weighted by molar-refractivity contribution is 0.233. The zero-order valence-electron chi connectivity index (χ0n) is 18.5. The minimum absolute atomic E-state index is 0. The molecule has 0 aliphatic carbocycles. The summed E-state index contributed by atoms with van der Waals surface area (Å²) in [6.07, 6.45) is 4.22. The van der Waals surface area contributed by atoms with Crippen LogP contribution in [0.4, 0.5) is 0 Å². The molecule has 0 saturated carbocycles. The second-order valence-electron chi connectivity index (χ2n) is 8.53. The van der Waals surface area contributed by atoms with Crippen molar-refractivity contribution in [1.82, 2.24) is 14.5 Å². The Morgan fingerprint density at radius 2 is 1.80 bits per heavy atom. The van der Waals surface area contributed by atoms with Gasteiger partial charge in [-0.1, -0.05) is 37.3 Å². The summed E-state index contributed by atoms with van der Waals surface area (Å²) in [7, 11) is -3.06. The first kappa shape index (κ1) is 25.4. The lowest BCUT2D eigenvalue weighted by Crippen LogP contribution is -2.48. The number of hydrogen-bond donors (Lipinski definition) is 1. The Morgan fingerprint density at radius 3 is 2.37 bits per heavy atom. The Morgan fingerprint density at radius 1 is 1.13 bits per heavy atom. The normalized spacial score (nSPS) is 24.4. The highest BCUT2D eigenvalue weighted by Crippen LogP contribution is 2.32. The zero-order chi connectivity index (χ0) is 20.9. The molecule has 0 bridgehead atoms. The number of hydrogen-bond acceptors (Lipinski definition) is 3. The van der Waals surface area contributed by atoms with Gasteiger partial charge < -0.3 is 10.2 Å². The summed E-state index contributed by atoms with van der Waals surface area (Å²) in [6.45, 7) is 9.35. The molecule has 0 radical (unpaired) electrons. The highest BCUT2D eigenvalue weighted by atomic mass is 127. The van der Waals surface area contributed by atoms with Crippen molar-refractivity contribution in [3.05, 3.63) is 35.9 Å². The van der Waals surface area contributed by atoms with Crippen molar-refractivity contribution in [2.24, 2.45) is 16.8 Å². The molecule has 1 aromatic carbocycles. The van der Waals surface area contributed by atoms with Gasteiger partial charge in [-0.05, 0) is 49.5 Å². The quantitative estimate of drug-likeness (QED) is 0.348. The van der Waals surface area contributed by atoms with Crippen molar-refractivity contribution in [2.45, 2.75) is 39.0 Å². The van der Waals surface area contributed by atoms with E-state index in [2.05, 4.69) is 54.4 Å². The number of benzene rings is 1. The number of likely N-dealkylation sites (tertiary alicyclic amines) is 1. The number of sulfonamides is 1. The third-order valence-corrected chi connectivity index (χ3v) is 7.61. The second-order valence-corrected chi connectivity index (χ2v) is 10.5. The lowest BCUT2D eigenvalue weighted by Gasteiger charge is -2.39. The van der Waals surface area contributed by atoms with Crippen molar-refractivity contribution >= 4 is 40.0 Å². The first-order valence-electron chi connectivity index (χ1n) is 10.9. The standard InChI is InChI=1S/C22H36N4O2S.HI/c1-4-23-22(24-16-19-10-14-26(15-11-19)29(3,27)28)25-13-12-21(18(2)17-25)20-8-6-5-7-9-20;/h5-9,18-19,21H,4,10-17H2,1-3H3,(H,23,24);1H. The Bertz CT molecular complexity index is 780. The van der Waals surface area contributed by atoms with E-state index in [0.29, 0.717) is 30.8 Å². The van der Waals surface area contributed by atoms with Crippen LogP contribution in [0.25, 0.3) is 0 Å². The number of rotatable bonds is 5. The van der Waals surface area contributed by atoms with Gasteiger partial charge in [0.15, 0.2) is 5.96 Å². The highest BCUT2D eigenvalue weighted by Gasteiger charge is 2.29. The van der Waals surface area contributed by atoms with E-state index in [1.807, 2.05) is 0 Å². The molecule has 2 saturated heterocycles. The Balaban J connectivity index is 0.00000320. The van der Waals surface area contributed by atoms with Crippen LogP contribution in [0, 0.1) is 11.8 Å². The third kappa shape index (κ3) is 6.82. The smallest absolute Gasteiger partial charge is 0.211 e. The molecule has 1 aromatic rings. The fourth-order valence-corrected chi connectivity index (χ4v) is 5.47. The van der Waals surface area contributed by atoms with Crippen LogP contribution in [0.1, 0.15) is 44.6 Å². The zero-order valence-corrected chi connectivity index (χ0v) is 21.6. The molecule has 0 amide bonds. The number of guanidine groups is 1. The predicted octanol–water partition coefficient (Wildman–Crippen LogP) is 3.37. The van der Waals surface area contributed by atoms with Crippen molar-refractivity contribution in [2.75, 3.05) is 45.5 Å². The molecule has 0 spiro atoms. The van der Waals surface area contributed by atoms with Crippen molar-refractivity contribution < 1.29 is 8.42 Å². The van der Waals surface area contributed by atoms with Gasteiger partial charge in [0, 0.05) is 39.3 Å². The summed E-state index contributed by atoms with van der Waals surface area (Å²) in [4.78, 5) is 7.35. The Labute approximate surface area is 199 Å². The van der Waals surface area contributed by atoms with E-state index in [1.165, 1.54) is 11.8 Å². The molecule has 30 heavy (non-hydrogen) atoms. The van der Waals surface area contributed by atoms with Crippen molar-refractivity contribution in [1.29, 1.82) is 0 Å². The van der Waals surface area contributed by atoms with Gasteiger partial charge in [-0.25, -0.2) is 12.7 Å². The summed E-state index contributed by atoms with van der Waals surface area (Å²) in [6, 6.07) is 10.8. The lowest BCUT2D eigenvalue weighted by atomic mass is 9.82. The fraction of sp³-hybridized carbons (Fsp3) is 0.682. The van der Waals surface area contributed by atoms with Gasteiger partial charge in [-0.2, -0.15) is 0 Å². The van der Waals surface area contributed by atoms with Crippen LogP contribution in [-0.2, 0) is 10.0 Å². The number of nitrogens with zero attached hydrogens (tertiary/aromatic N) is 3. The monoisotopic (exact) mass is 548 g/mol. The number of aliphatic imine (C=N–C) groups is 1. The minimum atomic E-state index is -3.06. The van der Waals surface area contributed by atoms with E-state index in [9.17, 15) is 8.42 Å². The van der Waals surface area contributed by atoms with Gasteiger partial charge in [0.1, 0.15) is 0 Å². The van der Waals surface area contributed by atoms with Crippen LogP contribution in [0.5, 0.6) is 0 Å². The molecular weight excluding hydrogens is 511 g/mol. The maximum Gasteiger partial charge on any atom is 0.211 e. The van der Waals surface area contributed by atoms with Crippen molar-refractivity contribution in [3.8, 4) is 0 Å². The van der Waals surface area contributed by atoms with Crippen LogP contribution < -0.4 is 5.32 Å². The van der Waals surface area contributed by atoms with Crippen LogP contribution in [0.15, 0.2) is 35.3 Å². The molecule has 8 heteroatoms. The Hall–Kier alpha value is -0.870. The molecule has 170 valence electrons. The molecule has 0 aromatic heterocycles. The average molecular weight is 549 g/mol. The topological polar surface area (TPSA) is 65.0 Å². The summed E-state index contributed by atoms with van der Waals surface area (Å²) in [5.41, 5.74) is 1.44. The molecule has 3 rings (SSSR count). The maximum absolute atomic E-state index is 11.7. The fourth-order valence-electron chi connectivity index (χ4n) is 4.60. The summed E-state index contributed by atoms with van der Waals surface area (Å²) >= 11 is 0. The molecule has 1 N–H and O–H groups in total. The first-order valence-corrected chi connectivity index (χ1v) is 12.8. The van der Waals surface area contributed by atoms with Crippen LogP contribution in [-0.4, -0.2) is 69.1 Å². The number of nitrogens with one attached hydrogen (secondary N) is 1. The molecule has 6 nitrogen and oxygen atoms in total. The highest BCUT2D eigenvalue weighted by molar-refractivity contribution is 14.0. The minimum Gasteiger partial charge on any atom is -0.357 e. The van der Waals surface area contributed by atoms with E-state index in [4.69, 9.17) is 4.99 Å². The van der Waals surface area contributed by atoms with Crippen LogP contribution in [0.2, 0.25) is 0 Å². The molecule has 2 fully saturated rings. The van der Waals surface area contributed by atoms with Crippen LogP contribution >= 0.6 is 24.0 Å². The molecule has 2 heterocycles. The number of halogens is 1. The van der Waals surface area contributed by atoms with E-state index in [-0.39, 0.29) is 24.0 Å². The summed E-state index contributed by atoms with van der Waals surface area (Å²) in [5.74, 6) is 2.65.